The zero-order valence-corrected chi connectivity index (χ0v) is 13.8. The van der Waals surface area contributed by atoms with Crippen molar-refractivity contribution < 1.29 is 9.59 Å². The zero-order valence-electron chi connectivity index (χ0n) is 13.8. The average molecular weight is 348 g/mol. The van der Waals surface area contributed by atoms with Crippen LogP contribution in [0.4, 0.5) is 5.69 Å². The van der Waals surface area contributed by atoms with E-state index < -0.39 is 6.04 Å². The molecule has 2 heterocycles. The maximum absolute atomic E-state index is 12.2. The van der Waals surface area contributed by atoms with Gasteiger partial charge in [0.25, 0.3) is 5.91 Å². The lowest BCUT2D eigenvalue weighted by Gasteiger charge is -2.38. The number of aromatic nitrogens is 4. The van der Waals surface area contributed by atoms with Gasteiger partial charge in [0.15, 0.2) is 0 Å². The highest BCUT2D eigenvalue weighted by Gasteiger charge is 2.38. The van der Waals surface area contributed by atoms with Crippen LogP contribution in [0.25, 0.3) is 5.69 Å². The number of β-lactam (4-membered cyclic amide) rings is 1. The molecule has 0 radical (unpaired) electrons. The van der Waals surface area contributed by atoms with Gasteiger partial charge in [-0.1, -0.05) is 30.3 Å². The first kappa shape index (κ1) is 15.9. The van der Waals surface area contributed by atoms with E-state index >= 15 is 0 Å². The van der Waals surface area contributed by atoms with Gasteiger partial charge in [0, 0.05) is 5.69 Å². The predicted octanol–water partition coefficient (Wildman–Crippen LogP) is 0.736. The first-order chi connectivity index (χ1) is 12.7. The molecule has 3 aromatic rings. The van der Waals surface area contributed by atoms with Crippen LogP contribution >= 0.6 is 0 Å². The number of nitrogens with one attached hydrogen (secondary N) is 1. The van der Waals surface area contributed by atoms with Gasteiger partial charge >= 0.3 is 0 Å². The third-order valence-corrected chi connectivity index (χ3v) is 4.25. The molecule has 1 unspecified atom stereocenters. The largest absolute Gasteiger partial charge is 0.342 e. The van der Waals surface area contributed by atoms with Crippen LogP contribution in [0.3, 0.4) is 0 Å². The van der Waals surface area contributed by atoms with Crippen molar-refractivity contribution in [1.82, 2.24) is 25.5 Å². The molecule has 130 valence electrons. The van der Waals surface area contributed by atoms with E-state index in [1.807, 2.05) is 54.6 Å². The second-order valence-corrected chi connectivity index (χ2v) is 6.00. The molecular formula is C18H16N6O2. The molecule has 1 aliphatic heterocycles. The highest BCUT2D eigenvalue weighted by molar-refractivity contribution is 6.05. The number of rotatable bonds is 5. The normalized spacial score (nSPS) is 16.2. The van der Waals surface area contributed by atoms with Crippen molar-refractivity contribution in [2.24, 2.45) is 0 Å². The molecule has 1 fully saturated rings. The van der Waals surface area contributed by atoms with Crippen molar-refractivity contribution >= 4 is 17.5 Å². The summed E-state index contributed by atoms with van der Waals surface area (Å²) >= 11 is 0. The predicted molar refractivity (Wildman–Crippen MR) is 93.6 cm³/mol. The summed E-state index contributed by atoms with van der Waals surface area (Å²) in [4.78, 5) is 26.1. The van der Waals surface area contributed by atoms with Crippen molar-refractivity contribution in [1.29, 1.82) is 0 Å². The molecule has 2 amide bonds. The van der Waals surface area contributed by atoms with E-state index in [-0.39, 0.29) is 18.2 Å². The molecule has 1 N–H and O–H groups in total. The summed E-state index contributed by atoms with van der Waals surface area (Å²) in [5.74, 6) is -0.259. The van der Waals surface area contributed by atoms with Gasteiger partial charge in [-0.2, -0.15) is 0 Å². The zero-order chi connectivity index (χ0) is 17.9. The Morgan fingerprint density at radius 3 is 2.50 bits per heavy atom. The number of hydrogen-bond acceptors (Lipinski definition) is 5. The minimum absolute atomic E-state index is 0.0846. The van der Waals surface area contributed by atoms with E-state index in [0.717, 1.165) is 16.9 Å². The standard InChI is InChI=1S/C18H16N6O2/c25-17(10-13-6-8-15(9-7-13)24-12-19-21-22-24)20-16-11-23(18(16)26)14-4-2-1-3-5-14/h1-9,12,16H,10-11H2,(H,20,25). The molecule has 4 rings (SSSR count). The van der Waals surface area contributed by atoms with E-state index in [4.69, 9.17) is 0 Å². The average Bonchev–Trinajstić information content (AvgIpc) is 3.20. The molecule has 26 heavy (non-hydrogen) atoms. The molecule has 1 aromatic heterocycles. The summed E-state index contributed by atoms with van der Waals surface area (Å²) in [5.41, 5.74) is 2.51. The molecule has 0 saturated carbocycles. The highest BCUT2D eigenvalue weighted by Crippen LogP contribution is 2.21. The van der Waals surface area contributed by atoms with Crippen LogP contribution in [0.15, 0.2) is 60.9 Å². The molecule has 8 heteroatoms. The van der Waals surface area contributed by atoms with Crippen molar-refractivity contribution in [2.45, 2.75) is 12.5 Å². The lowest BCUT2D eigenvalue weighted by molar-refractivity contribution is -0.130. The summed E-state index contributed by atoms with van der Waals surface area (Å²) in [6.07, 6.45) is 1.72. The molecule has 0 bridgehead atoms. The van der Waals surface area contributed by atoms with Crippen molar-refractivity contribution in [3.63, 3.8) is 0 Å². The maximum Gasteiger partial charge on any atom is 0.251 e. The Kier molecular flexibility index (Phi) is 4.14. The highest BCUT2D eigenvalue weighted by atomic mass is 16.2. The van der Waals surface area contributed by atoms with Crippen molar-refractivity contribution in [2.75, 3.05) is 11.4 Å². The Bertz CT molecular complexity index is 909. The van der Waals surface area contributed by atoms with Crippen LogP contribution in [0, 0.1) is 0 Å². The van der Waals surface area contributed by atoms with Gasteiger partial charge in [0.2, 0.25) is 5.91 Å². The summed E-state index contributed by atoms with van der Waals surface area (Å²) in [6, 6.07) is 16.3. The molecule has 1 saturated heterocycles. The smallest absolute Gasteiger partial charge is 0.251 e. The molecule has 0 spiro atoms. The first-order valence-electron chi connectivity index (χ1n) is 8.19. The third kappa shape index (κ3) is 3.16. The van der Waals surface area contributed by atoms with E-state index in [1.54, 1.807) is 4.90 Å². The number of tetrazole rings is 1. The second kappa shape index (κ2) is 6.75. The minimum atomic E-state index is -0.455. The van der Waals surface area contributed by atoms with Crippen molar-refractivity contribution in [3.8, 4) is 5.69 Å². The minimum Gasteiger partial charge on any atom is -0.342 e. The number of carbonyl (C=O) groups excluding carboxylic acids is 2. The number of carbonyl (C=O) groups is 2. The van der Waals surface area contributed by atoms with Gasteiger partial charge in [0.05, 0.1) is 18.7 Å². The van der Waals surface area contributed by atoms with Gasteiger partial charge < -0.3 is 10.2 Å². The maximum atomic E-state index is 12.2. The number of amides is 2. The van der Waals surface area contributed by atoms with Gasteiger partial charge in [-0.15, -0.1) is 5.10 Å². The van der Waals surface area contributed by atoms with E-state index in [1.165, 1.54) is 11.0 Å². The second-order valence-electron chi connectivity index (χ2n) is 6.00. The van der Waals surface area contributed by atoms with E-state index in [0.29, 0.717) is 6.54 Å². The Balaban J connectivity index is 1.31. The fourth-order valence-electron chi connectivity index (χ4n) is 2.85. The van der Waals surface area contributed by atoms with Gasteiger partial charge in [-0.05, 0) is 40.3 Å². The van der Waals surface area contributed by atoms with Crippen LogP contribution in [0.1, 0.15) is 5.56 Å². The molecule has 8 nitrogen and oxygen atoms in total. The number of anilines is 1. The summed E-state index contributed by atoms with van der Waals surface area (Å²) in [5, 5.41) is 13.8. The topological polar surface area (TPSA) is 93.0 Å². The molecule has 1 atom stereocenters. The Labute approximate surface area is 149 Å². The van der Waals surface area contributed by atoms with Gasteiger partial charge in [-0.3, -0.25) is 9.59 Å². The fourth-order valence-corrected chi connectivity index (χ4v) is 2.85. The third-order valence-electron chi connectivity index (χ3n) is 4.25. The summed E-state index contributed by atoms with van der Waals surface area (Å²) in [6.45, 7) is 0.493. The van der Waals surface area contributed by atoms with Gasteiger partial charge in [0.1, 0.15) is 12.4 Å². The van der Waals surface area contributed by atoms with E-state index in [9.17, 15) is 9.59 Å². The quantitative estimate of drug-likeness (QED) is 0.687. The lowest BCUT2D eigenvalue weighted by atomic mass is 10.1. The number of para-hydroxylation sites is 1. The molecular weight excluding hydrogens is 332 g/mol. The van der Waals surface area contributed by atoms with Crippen LogP contribution in [-0.2, 0) is 16.0 Å². The van der Waals surface area contributed by atoms with Crippen molar-refractivity contribution in [3.05, 3.63) is 66.5 Å². The first-order valence-corrected chi connectivity index (χ1v) is 8.19. The monoisotopic (exact) mass is 348 g/mol. The molecule has 0 aliphatic carbocycles. The van der Waals surface area contributed by atoms with Crippen LogP contribution in [0.2, 0.25) is 0 Å². The lowest BCUT2D eigenvalue weighted by Crippen LogP contribution is -2.64. The Morgan fingerprint density at radius 1 is 1.08 bits per heavy atom. The molecule has 1 aliphatic rings. The SMILES string of the molecule is O=C(Cc1ccc(-n2cnnn2)cc1)NC1CN(c2ccccc2)C1=O. The molecule has 2 aromatic carbocycles. The number of nitrogens with zero attached hydrogens (tertiary/aromatic N) is 5. The number of hydrogen-bond donors (Lipinski definition) is 1. The summed E-state index contributed by atoms with van der Waals surface area (Å²) in [7, 11) is 0. The van der Waals surface area contributed by atoms with E-state index in [2.05, 4.69) is 20.8 Å². The number of benzene rings is 2. The van der Waals surface area contributed by atoms with Crippen LogP contribution in [0.5, 0.6) is 0 Å². The Morgan fingerprint density at radius 2 is 1.85 bits per heavy atom. The van der Waals surface area contributed by atoms with Gasteiger partial charge in [-0.25, -0.2) is 4.68 Å². The summed E-state index contributed by atoms with van der Waals surface area (Å²) < 4.78 is 1.54. The fraction of sp³-hybridized carbons (Fsp3) is 0.167. The van der Waals surface area contributed by atoms with Crippen LogP contribution in [-0.4, -0.2) is 44.6 Å². The Hall–Kier alpha value is -3.55. The van der Waals surface area contributed by atoms with Crippen LogP contribution < -0.4 is 10.2 Å².